The number of ether oxygens (including phenoxy) is 1. The molecule has 1 aromatic rings. The molecule has 19 heavy (non-hydrogen) atoms. The van der Waals surface area contributed by atoms with Gasteiger partial charge in [-0.1, -0.05) is 12.1 Å². The molecule has 1 saturated carbocycles. The minimum absolute atomic E-state index is 0.253. The Morgan fingerprint density at radius 1 is 1.42 bits per heavy atom. The van der Waals surface area contributed by atoms with Crippen LogP contribution in [0.25, 0.3) is 0 Å². The van der Waals surface area contributed by atoms with Gasteiger partial charge in [-0.2, -0.15) is 0 Å². The van der Waals surface area contributed by atoms with Gasteiger partial charge in [-0.05, 0) is 57.0 Å². The van der Waals surface area contributed by atoms with Gasteiger partial charge in [0.2, 0.25) is 0 Å². The number of piperidine rings is 1. The van der Waals surface area contributed by atoms with Crippen LogP contribution in [0.5, 0.6) is 5.75 Å². The van der Waals surface area contributed by atoms with Crippen LogP contribution >= 0.6 is 0 Å². The third-order valence-corrected chi connectivity index (χ3v) is 4.57. The maximum atomic E-state index is 6.15. The Morgan fingerprint density at radius 3 is 2.95 bits per heavy atom. The first kappa shape index (κ1) is 12.9. The van der Waals surface area contributed by atoms with E-state index in [9.17, 15) is 0 Å². The molecule has 1 aromatic carbocycles. The summed E-state index contributed by atoms with van der Waals surface area (Å²) >= 11 is 0. The molecule has 104 valence electrons. The molecule has 1 unspecified atom stereocenters. The van der Waals surface area contributed by atoms with E-state index >= 15 is 0 Å². The van der Waals surface area contributed by atoms with Gasteiger partial charge in [-0.15, -0.1) is 0 Å². The van der Waals surface area contributed by atoms with Crippen molar-refractivity contribution in [2.45, 2.75) is 37.2 Å². The fraction of sp³-hybridized carbons (Fsp3) is 0.625. The smallest absolute Gasteiger partial charge is 0.120 e. The van der Waals surface area contributed by atoms with Crippen LogP contribution in [-0.4, -0.2) is 37.7 Å². The maximum absolute atomic E-state index is 6.15. The average molecular weight is 260 g/mol. The van der Waals surface area contributed by atoms with Gasteiger partial charge >= 0.3 is 0 Å². The van der Waals surface area contributed by atoms with Crippen LogP contribution in [-0.2, 0) is 5.41 Å². The molecule has 1 aliphatic carbocycles. The summed E-state index contributed by atoms with van der Waals surface area (Å²) in [4.78, 5) is 2.35. The van der Waals surface area contributed by atoms with Crippen molar-refractivity contribution in [2.75, 3.05) is 26.7 Å². The van der Waals surface area contributed by atoms with E-state index in [0.29, 0.717) is 6.10 Å². The summed E-state index contributed by atoms with van der Waals surface area (Å²) in [7, 11) is 2.17. The van der Waals surface area contributed by atoms with Crippen LogP contribution in [0, 0.1) is 0 Å². The molecule has 1 atom stereocenters. The zero-order valence-electron chi connectivity index (χ0n) is 11.8. The summed E-state index contributed by atoms with van der Waals surface area (Å²) in [5.74, 6) is 1.01. The van der Waals surface area contributed by atoms with Crippen molar-refractivity contribution in [1.29, 1.82) is 0 Å². The van der Waals surface area contributed by atoms with Crippen LogP contribution in [0.2, 0.25) is 0 Å². The summed E-state index contributed by atoms with van der Waals surface area (Å²) in [5, 5.41) is 0. The average Bonchev–Trinajstić information content (AvgIpc) is 3.20. The quantitative estimate of drug-likeness (QED) is 0.901. The number of hydrogen-bond acceptors (Lipinski definition) is 3. The summed E-state index contributed by atoms with van der Waals surface area (Å²) in [5.41, 5.74) is 7.52. The molecular weight excluding hydrogens is 236 g/mol. The molecule has 0 spiro atoms. The highest BCUT2D eigenvalue weighted by atomic mass is 16.5. The first-order valence-electron chi connectivity index (χ1n) is 7.38. The van der Waals surface area contributed by atoms with Crippen LogP contribution in [0.3, 0.4) is 0 Å². The molecule has 2 N–H and O–H groups in total. The molecule has 0 bridgehead atoms. The first-order chi connectivity index (χ1) is 9.22. The lowest BCUT2D eigenvalue weighted by Crippen LogP contribution is -2.38. The first-order valence-corrected chi connectivity index (χ1v) is 7.38. The third kappa shape index (κ3) is 2.77. The van der Waals surface area contributed by atoms with Gasteiger partial charge in [-0.3, -0.25) is 0 Å². The lowest BCUT2D eigenvalue weighted by atomic mass is 9.96. The lowest BCUT2D eigenvalue weighted by molar-refractivity contribution is 0.104. The SMILES string of the molecule is CN1CCCC(Oc2cccc(C3(CN)CC3)c2)C1. The number of benzene rings is 1. The Kier molecular flexibility index (Phi) is 3.50. The molecule has 2 aliphatic rings. The van der Waals surface area contributed by atoms with Crippen molar-refractivity contribution in [3.63, 3.8) is 0 Å². The summed E-state index contributed by atoms with van der Waals surface area (Å²) < 4.78 is 6.15. The molecule has 0 amide bonds. The van der Waals surface area contributed by atoms with Crippen molar-refractivity contribution in [2.24, 2.45) is 5.73 Å². The van der Waals surface area contributed by atoms with Crippen LogP contribution < -0.4 is 10.5 Å². The molecule has 3 heteroatoms. The molecule has 1 saturated heterocycles. The van der Waals surface area contributed by atoms with Crippen LogP contribution in [0.1, 0.15) is 31.2 Å². The third-order valence-electron chi connectivity index (χ3n) is 4.57. The predicted molar refractivity (Wildman–Crippen MR) is 77.6 cm³/mol. The molecule has 3 rings (SSSR count). The van der Waals surface area contributed by atoms with E-state index in [0.717, 1.165) is 25.3 Å². The van der Waals surface area contributed by atoms with E-state index in [-0.39, 0.29) is 5.41 Å². The topological polar surface area (TPSA) is 38.5 Å². The van der Waals surface area contributed by atoms with Gasteiger partial charge in [0.1, 0.15) is 11.9 Å². The van der Waals surface area contributed by atoms with Crippen molar-refractivity contribution in [3.8, 4) is 5.75 Å². The Labute approximate surface area is 115 Å². The zero-order valence-corrected chi connectivity index (χ0v) is 11.8. The largest absolute Gasteiger partial charge is 0.489 e. The lowest BCUT2D eigenvalue weighted by Gasteiger charge is -2.30. The normalized spacial score (nSPS) is 26.1. The van der Waals surface area contributed by atoms with Gasteiger partial charge in [-0.25, -0.2) is 0 Å². The van der Waals surface area contributed by atoms with Gasteiger partial charge < -0.3 is 15.4 Å². The minimum Gasteiger partial charge on any atom is -0.489 e. The van der Waals surface area contributed by atoms with Crippen molar-refractivity contribution in [3.05, 3.63) is 29.8 Å². The van der Waals surface area contributed by atoms with E-state index in [1.54, 1.807) is 0 Å². The molecule has 2 fully saturated rings. The second-order valence-electron chi connectivity index (χ2n) is 6.16. The Balaban J connectivity index is 1.69. The van der Waals surface area contributed by atoms with E-state index in [1.165, 1.54) is 31.4 Å². The van der Waals surface area contributed by atoms with Crippen LogP contribution in [0.4, 0.5) is 0 Å². The summed E-state index contributed by atoms with van der Waals surface area (Å²) in [6.45, 7) is 2.98. The minimum atomic E-state index is 0.253. The molecule has 1 heterocycles. The van der Waals surface area contributed by atoms with Crippen LogP contribution in [0.15, 0.2) is 24.3 Å². The summed E-state index contributed by atoms with van der Waals surface area (Å²) in [6.07, 6.45) is 5.17. The molecule has 3 nitrogen and oxygen atoms in total. The standard InChI is InChI=1S/C16H24N2O/c1-18-9-3-6-15(11-18)19-14-5-2-4-13(10-14)16(12-17)7-8-16/h2,4-5,10,15H,3,6-9,11-12,17H2,1H3. The molecule has 0 aromatic heterocycles. The van der Waals surface area contributed by atoms with E-state index in [4.69, 9.17) is 10.5 Å². The van der Waals surface area contributed by atoms with E-state index in [1.807, 2.05) is 0 Å². The summed E-state index contributed by atoms with van der Waals surface area (Å²) in [6, 6.07) is 8.58. The zero-order chi connectivity index (χ0) is 13.3. The Hall–Kier alpha value is -1.06. The molecular formula is C16H24N2O. The number of nitrogens with zero attached hydrogens (tertiary/aromatic N) is 1. The number of rotatable bonds is 4. The fourth-order valence-corrected chi connectivity index (χ4v) is 3.07. The van der Waals surface area contributed by atoms with Crippen molar-refractivity contribution < 1.29 is 4.74 Å². The van der Waals surface area contributed by atoms with Gasteiger partial charge in [0.25, 0.3) is 0 Å². The van der Waals surface area contributed by atoms with Crippen molar-refractivity contribution in [1.82, 2.24) is 4.90 Å². The van der Waals surface area contributed by atoms with E-state index < -0.39 is 0 Å². The number of likely N-dealkylation sites (N-methyl/N-ethyl adjacent to an activating group) is 1. The van der Waals surface area contributed by atoms with Gasteiger partial charge in [0, 0.05) is 18.5 Å². The highest BCUT2D eigenvalue weighted by Crippen LogP contribution is 2.47. The fourth-order valence-electron chi connectivity index (χ4n) is 3.07. The second kappa shape index (κ2) is 5.14. The Bertz CT molecular complexity index is 442. The predicted octanol–water partition coefficient (Wildman–Crippen LogP) is 2.15. The Morgan fingerprint density at radius 2 is 2.26 bits per heavy atom. The maximum Gasteiger partial charge on any atom is 0.120 e. The molecule has 1 aliphatic heterocycles. The number of hydrogen-bond donors (Lipinski definition) is 1. The van der Waals surface area contributed by atoms with Gasteiger partial charge in [0.15, 0.2) is 0 Å². The van der Waals surface area contributed by atoms with Crippen molar-refractivity contribution >= 4 is 0 Å². The van der Waals surface area contributed by atoms with E-state index in [2.05, 4.69) is 36.2 Å². The highest BCUT2D eigenvalue weighted by Gasteiger charge is 2.42. The number of likely N-dealkylation sites (tertiary alicyclic amines) is 1. The second-order valence-corrected chi connectivity index (χ2v) is 6.16. The molecule has 0 radical (unpaired) electrons. The number of nitrogens with two attached hydrogens (primary N) is 1. The highest BCUT2D eigenvalue weighted by molar-refractivity contribution is 5.38. The van der Waals surface area contributed by atoms with Gasteiger partial charge in [0.05, 0.1) is 0 Å². The monoisotopic (exact) mass is 260 g/mol.